The largest absolute Gasteiger partial charge is 0.496 e. The van der Waals surface area contributed by atoms with Gasteiger partial charge in [-0.05, 0) is 24.3 Å². The number of benzene rings is 2. The molecule has 0 spiro atoms. The maximum absolute atomic E-state index is 13.8. The number of ether oxygens (including phenoxy) is 1. The van der Waals surface area contributed by atoms with Gasteiger partial charge in [-0.15, -0.1) is 0 Å². The minimum absolute atomic E-state index is 0.0178. The van der Waals surface area contributed by atoms with Crippen molar-refractivity contribution in [2.75, 3.05) is 23.6 Å². The van der Waals surface area contributed by atoms with Gasteiger partial charge in [0, 0.05) is 6.07 Å². The van der Waals surface area contributed by atoms with E-state index in [0.29, 0.717) is 11.3 Å². The molecule has 0 saturated heterocycles. The third-order valence-corrected chi connectivity index (χ3v) is 3.71. The van der Waals surface area contributed by atoms with Crippen molar-refractivity contribution in [3.63, 3.8) is 0 Å². The molecule has 1 amide bonds. The molecular formula is C18H16F2N6O2. The van der Waals surface area contributed by atoms with E-state index in [2.05, 4.69) is 26.1 Å². The summed E-state index contributed by atoms with van der Waals surface area (Å²) in [6.07, 6.45) is 1.16. The van der Waals surface area contributed by atoms with E-state index in [1.54, 1.807) is 24.3 Å². The van der Waals surface area contributed by atoms with Gasteiger partial charge in [0.25, 0.3) is 5.91 Å². The Morgan fingerprint density at radius 1 is 1.11 bits per heavy atom. The Hall–Kier alpha value is -3.95. The standard InChI is InChI=1S/C18H16F2N6O2/c1-28-14-5-3-2-4-11(14)18(27)26-25-17-15(21)16(22-9-23-17)24-13-7-6-10(19)8-12(13)20/h2-9H,21H2,1H3,(H,26,27)(H2,22,23,24,25). The maximum Gasteiger partial charge on any atom is 0.273 e. The first-order valence-corrected chi connectivity index (χ1v) is 8.01. The lowest BCUT2D eigenvalue weighted by atomic mass is 10.2. The number of nitrogens with zero attached hydrogens (tertiary/aromatic N) is 2. The van der Waals surface area contributed by atoms with Gasteiger partial charge in [0.2, 0.25) is 0 Å². The van der Waals surface area contributed by atoms with Gasteiger partial charge in [-0.2, -0.15) is 0 Å². The number of para-hydroxylation sites is 1. The molecule has 8 nitrogen and oxygen atoms in total. The van der Waals surface area contributed by atoms with Crippen LogP contribution >= 0.6 is 0 Å². The minimum atomic E-state index is -0.808. The number of hydrazine groups is 1. The van der Waals surface area contributed by atoms with Gasteiger partial charge in [-0.3, -0.25) is 15.6 Å². The Kier molecular flexibility index (Phi) is 5.49. The molecule has 3 rings (SSSR count). The summed E-state index contributed by atoms with van der Waals surface area (Å²) in [6.45, 7) is 0. The van der Waals surface area contributed by atoms with Gasteiger partial charge < -0.3 is 15.8 Å². The third kappa shape index (κ3) is 4.06. The van der Waals surface area contributed by atoms with Crippen molar-refractivity contribution < 1.29 is 18.3 Å². The van der Waals surface area contributed by atoms with Crippen molar-refractivity contribution in [1.82, 2.24) is 15.4 Å². The monoisotopic (exact) mass is 386 g/mol. The fourth-order valence-electron chi connectivity index (χ4n) is 2.33. The van der Waals surface area contributed by atoms with Crippen LogP contribution in [0.3, 0.4) is 0 Å². The van der Waals surface area contributed by atoms with Crippen LogP contribution in [-0.2, 0) is 0 Å². The molecule has 3 aromatic rings. The van der Waals surface area contributed by atoms with E-state index in [0.717, 1.165) is 18.5 Å². The van der Waals surface area contributed by atoms with Gasteiger partial charge in [0.05, 0.1) is 18.4 Å². The van der Waals surface area contributed by atoms with Crippen LogP contribution in [0.4, 0.5) is 31.8 Å². The van der Waals surface area contributed by atoms with Crippen molar-refractivity contribution in [2.45, 2.75) is 0 Å². The molecule has 1 heterocycles. The molecule has 1 aromatic heterocycles. The summed E-state index contributed by atoms with van der Waals surface area (Å²) in [7, 11) is 1.45. The second-order valence-corrected chi connectivity index (χ2v) is 5.51. The van der Waals surface area contributed by atoms with Crippen molar-refractivity contribution in [3.8, 4) is 5.75 Å². The van der Waals surface area contributed by atoms with Crippen LogP contribution in [0.15, 0.2) is 48.8 Å². The zero-order valence-electron chi connectivity index (χ0n) is 14.7. The number of methoxy groups -OCH3 is 1. The second-order valence-electron chi connectivity index (χ2n) is 5.51. The lowest BCUT2D eigenvalue weighted by Crippen LogP contribution is -2.30. The average molecular weight is 386 g/mol. The van der Waals surface area contributed by atoms with Gasteiger partial charge >= 0.3 is 0 Å². The number of nitrogens with two attached hydrogens (primary N) is 1. The summed E-state index contributed by atoms with van der Waals surface area (Å²) < 4.78 is 32.0. The number of nitrogen functional groups attached to an aromatic ring is 1. The molecule has 0 fully saturated rings. The number of rotatable bonds is 6. The van der Waals surface area contributed by atoms with Crippen LogP contribution < -0.4 is 26.6 Å². The molecule has 0 saturated carbocycles. The average Bonchev–Trinajstić information content (AvgIpc) is 2.70. The Morgan fingerprint density at radius 2 is 1.86 bits per heavy atom. The number of hydrogen-bond donors (Lipinski definition) is 4. The number of carbonyl (C=O) groups is 1. The molecule has 0 radical (unpaired) electrons. The van der Waals surface area contributed by atoms with Gasteiger partial charge in [0.1, 0.15) is 29.4 Å². The predicted octanol–water partition coefficient (Wildman–Crippen LogP) is 2.85. The zero-order valence-corrected chi connectivity index (χ0v) is 14.7. The molecule has 0 aliphatic carbocycles. The van der Waals surface area contributed by atoms with Crippen LogP contribution in [0, 0.1) is 11.6 Å². The van der Waals surface area contributed by atoms with Crippen molar-refractivity contribution in [1.29, 1.82) is 0 Å². The Morgan fingerprint density at radius 3 is 2.61 bits per heavy atom. The molecule has 28 heavy (non-hydrogen) atoms. The Balaban J connectivity index is 1.75. The number of halogens is 2. The first kappa shape index (κ1) is 18.8. The number of amides is 1. The third-order valence-electron chi connectivity index (χ3n) is 3.71. The van der Waals surface area contributed by atoms with Crippen LogP contribution in [-0.4, -0.2) is 23.0 Å². The minimum Gasteiger partial charge on any atom is -0.496 e. The number of anilines is 4. The fourth-order valence-corrected chi connectivity index (χ4v) is 2.33. The topological polar surface area (TPSA) is 114 Å². The molecule has 10 heteroatoms. The summed E-state index contributed by atoms with van der Waals surface area (Å²) in [5, 5.41) is 2.66. The summed E-state index contributed by atoms with van der Waals surface area (Å²) in [6, 6.07) is 9.69. The fraction of sp³-hybridized carbons (Fsp3) is 0.0556. The first-order chi connectivity index (χ1) is 13.5. The van der Waals surface area contributed by atoms with Crippen LogP contribution in [0.1, 0.15) is 10.4 Å². The SMILES string of the molecule is COc1ccccc1C(=O)NNc1ncnc(Nc2ccc(F)cc2F)c1N. The van der Waals surface area contributed by atoms with Crippen LogP contribution in [0.25, 0.3) is 0 Å². The highest BCUT2D eigenvalue weighted by Crippen LogP contribution is 2.27. The smallest absolute Gasteiger partial charge is 0.273 e. The molecule has 0 unspecified atom stereocenters. The van der Waals surface area contributed by atoms with Crippen LogP contribution in [0.5, 0.6) is 5.75 Å². The van der Waals surface area contributed by atoms with Gasteiger partial charge in [0.15, 0.2) is 11.6 Å². The van der Waals surface area contributed by atoms with E-state index in [1.807, 2.05) is 0 Å². The molecule has 5 N–H and O–H groups in total. The van der Waals surface area contributed by atoms with E-state index >= 15 is 0 Å². The number of carbonyl (C=O) groups excluding carboxylic acids is 1. The molecular weight excluding hydrogens is 370 g/mol. The van der Waals surface area contributed by atoms with Gasteiger partial charge in [-0.1, -0.05) is 12.1 Å². The maximum atomic E-state index is 13.8. The highest BCUT2D eigenvalue weighted by molar-refractivity contribution is 5.97. The second kappa shape index (κ2) is 8.16. The lowest BCUT2D eigenvalue weighted by molar-refractivity contribution is 0.0959. The molecule has 144 valence electrons. The summed E-state index contributed by atoms with van der Waals surface area (Å²) in [5.41, 5.74) is 11.3. The quantitative estimate of drug-likeness (QED) is 0.482. The van der Waals surface area contributed by atoms with Gasteiger partial charge in [-0.25, -0.2) is 18.7 Å². The zero-order chi connectivity index (χ0) is 20.1. The van der Waals surface area contributed by atoms with Crippen molar-refractivity contribution in [2.24, 2.45) is 0 Å². The predicted molar refractivity (Wildman–Crippen MR) is 100 cm³/mol. The Labute approximate surface area is 158 Å². The van der Waals surface area contributed by atoms with Crippen molar-refractivity contribution >= 4 is 28.9 Å². The van der Waals surface area contributed by atoms with E-state index in [1.165, 1.54) is 13.2 Å². The van der Waals surface area contributed by atoms with E-state index < -0.39 is 17.5 Å². The number of aromatic nitrogens is 2. The van der Waals surface area contributed by atoms with E-state index in [-0.39, 0.29) is 23.0 Å². The molecule has 2 aromatic carbocycles. The van der Waals surface area contributed by atoms with E-state index in [9.17, 15) is 13.6 Å². The highest BCUT2D eigenvalue weighted by Gasteiger charge is 2.14. The highest BCUT2D eigenvalue weighted by atomic mass is 19.1. The van der Waals surface area contributed by atoms with Crippen molar-refractivity contribution in [3.05, 3.63) is 66.0 Å². The molecule has 0 bridgehead atoms. The normalized spacial score (nSPS) is 10.2. The number of nitrogens with one attached hydrogen (secondary N) is 3. The van der Waals surface area contributed by atoms with E-state index in [4.69, 9.17) is 10.5 Å². The molecule has 0 atom stereocenters. The van der Waals surface area contributed by atoms with Crippen LogP contribution in [0.2, 0.25) is 0 Å². The summed E-state index contributed by atoms with van der Waals surface area (Å²) in [5.74, 6) is -1.43. The first-order valence-electron chi connectivity index (χ1n) is 8.01. The number of hydrogen-bond acceptors (Lipinski definition) is 7. The molecule has 0 aliphatic rings. The summed E-state index contributed by atoms with van der Waals surface area (Å²) >= 11 is 0. The Bertz CT molecular complexity index is 1020. The molecule has 0 aliphatic heterocycles. The lowest BCUT2D eigenvalue weighted by Gasteiger charge is -2.14. The summed E-state index contributed by atoms with van der Waals surface area (Å²) in [4.78, 5) is 20.2.